The third-order valence-electron chi connectivity index (χ3n) is 3.27. The maximum atomic E-state index is 11.5. The number of aliphatic carboxylic acids is 1. The van der Waals surface area contributed by atoms with Crippen molar-refractivity contribution < 1.29 is 24.1 Å². The highest BCUT2D eigenvalue weighted by Gasteiger charge is 2.22. The molecule has 0 spiro atoms. The molecule has 2 rings (SSSR count). The van der Waals surface area contributed by atoms with Crippen LogP contribution in [0.15, 0.2) is 42.5 Å². The topological polar surface area (TPSA) is 65.0 Å². The summed E-state index contributed by atoms with van der Waals surface area (Å²) in [6.07, 6.45) is -0.885. The average Bonchev–Trinajstić information content (AvgIpc) is 2.56. The van der Waals surface area contributed by atoms with E-state index in [0.29, 0.717) is 22.3 Å². The third-order valence-corrected chi connectivity index (χ3v) is 3.52. The minimum absolute atomic E-state index is 0.158. The van der Waals surface area contributed by atoms with Crippen LogP contribution in [0.4, 0.5) is 0 Å². The van der Waals surface area contributed by atoms with E-state index in [4.69, 9.17) is 25.8 Å². The van der Waals surface area contributed by atoms with Gasteiger partial charge in [-0.3, -0.25) is 0 Å². The summed E-state index contributed by atoms with van der Waals surface area (Å²) in [4.78, 5) is 11.5. The van der Waals surface area contributed by atoms with E-state index in [0.717, 1.165) is 5.56 Å². The van der Waals surface area contributed by atoms with Gasteiger partial charge in [-0.25, -0.2) is 4.79 Å². The Kier molecular flexibility index (Phi) is 5.71. The van der Waals surface area contributed by atoms with Crippen molar-refractivity contribution in [3.05, 3.63) is 53.1 Å². The summed E-state index contributed by atoms with van der Waals surface area (Å²) in [5, 5.41) is 9.95. The number of methoxy groups -OCH3 is 2. The Hall–Kier alpha value is -2.40. The van der Waals surface area contributed by atoms with Crippen LogP contribution in [0.25, 0.3) is 0 Å². The van der Waals surface area contributed by atoms with Crippen molar-refractivity contribution in [2.24, 2.45) is 0 Å². The second-order valence-corrected chi connectivity index (χ2v) is 5.22. The second-order valence-electron chi connectivity index (χ2n) is 4.78. The number of benzene rings is 2. The van der Waals surface area contributed by atoms with E-state index in [-0.39, 0.29) is 6.42 Å². The van der Waals surface area contributed by atoms with Gasteiger partial charge in [0.25, 0.3) is 0 Å². The number of carboxylic acid groups (broad SMARTS) is 1. The average molecular weight is 337 g/mol. The number of hydrogen-bond acceptors (Lipinski definition) is 4. The van der Waals surface area contributed by atoms with E-state index in [9.17, 15) is 9.90 Å². The summed E-state index contributed by atoms with van der Waals surface area (Å²) in [5.74, 6) is 0.568. The summed E-state index contributed by atoms with van der Waals surface area (Å²) in [6.45, 7) is 0. The number of carbonyl (C=O) groups is 1. The molecule has 2 aromatic carbocycles. The molecule has 23 heavy (non-hydrogen) atoms. The zero-order chi connectivity index (χ0) is 16.8. The largest absolute Gasteiger partial charge is 0.497 e. The Balaban J connectivity index is 2.19. The van der Waals surface area contributed by atoms with Crippen molar-refractivity contribution in [3.8, 4) is 17.2 Å². The van der Waals surface area contributed by atoms with Gasteiger partial charge in [-0.05, 0) is 35.9 Å². The zero-order valence-corrected chi connectivity index (χ0v) is 13.5. The lowest BCUT2D eigenvalue weighted by Gasteiger charge is -2.17. The molecule has 0 amide bonds. The van der Waals surface area contributed by atoms with E-state index in [1.54, 1.807) is 49.6 Å². The molecule has 0 saturated carbocycles. The number of rotatable bonds is 7. The standard InChI is InChI=1S/C17H17ClO5/c1-21-14-6-3-11(15(10-14)22-2)9-16(17(19)20)23-13-7-4-12(18)5-8-13/h3-8,10,16H,9H2,1-2H3,(H,19,20)/t16-/m1/s1. The van der Waals surface area contributed by atoms with Gasteiger partial charge in [-0.2, -0.15) is 0 Å². The predicted molar refractivity (Wildman–Crippen MR) is 86.8 cm³/mol. The smallest absolute Gasteiger partial charge is 0.345 e. The van der Waals surface area contributed by atoms with Gasteiger partial charge in [0.2, 0.25) is 0 Å². The Morgan fingerprint density at radius 1 is 1.09 bits per heavy atom. The molecule has 0 aliphatic rings. The van der Waals surface area contributed by atoms with Gasteiger partial charge in [0.15, 0.2) is 6.10 Å². The first kappa shape index (κ1) is 17.0. The van der Waals surface area contributed by atoms with Crippen LogP contribution in [0.2, 0.25) is 5.02 Å². The molecule has 0 aliphatic carbocycles. The Morgan fingerprint density at radius 2 is 1.74 bits per heavy atom. The molecule has 0 unspecified atom stereocenters. The molecule has 6 heteroatoms. The first-order chi connectivity index (χ1) is 11.0. The first-order valence-corrected chi connectivity index (χ1v) is 7.27. The molecule has 1 N–H and O–H groups in total. The van der Waals surface area contributed by atoms with E-state index in [1.165, 1.54) is 7.11 Å². The van der Waals surface area contributed by atoms with Crippen molar-refractivity contribution in [1.29, 1.82) is 0 Å². The van der Waals surface area contributed by atoms with Crippen molar-refractivity contribution in [2.75, 3.05) is 14.2 Å². The first-order valence-electron chi connectivity index (χ1n) is 6.89. The van der Waals surface area contributed by atoms with Gasteiger partial charge < -0.3 is 19.3 Å². The lowest BCUT2D eigenvalue weighted by atomic mass is 10.1. The molecule has 2 aromatic rings. The lowest BCUT2D eigenvalue weighted by Crippen LogP contribution is -2.29. The monoisotopic (exact) mass is 336 g/mol. The van der Waals surface area contributed by atoms with Crippen LogP contribution < -0.4 is 14.2 Å². The van der Waals surface area contributed by atoms with Crippen LogP contribution in [0.1, 0.15) is 5.56 Å². The van der Waals surface area contributed by atoms with Crippen molar-refractivity contribution in [3.63, 3.8) is 0 Å². The summed E-state index contributed by atoms with van der Waals surface area (Å²) in [6, 6.07) is 11.8. The van der Waals surface area contributed by atoms with E-state index >= 15 is 0 Å². The highest BCUT2D eigenvalue weighted by atomic mass is 35.5. The molecule has 1 atom stereocenters. The van der Waals surface area contributed by atoms with Crippen LogP contribution in [0.3, 0.4) is 0 Å². The van der Waals surface area contributed by atoms with E-state index < -0.39 is 12.1 Å². The quantitative estimate of drug-likeness (QED) is 0.839. The maximum Gasteiger partial charge on any atom is 0.345 e. The fraction of sp³-hybridized carbons (Fsp3) is 0.235. The van der Waals surface area contributed by atoms with Crippen LogP contribution in [-0.2, 0) is 11.2 Å². The van der Waals surface area contributed by atoms with Crippen LogP contribution >= 0.6 is 11.6 Å². The second kappa shape index (κ2) is 7.74. The molecular weight excluding hydrogens is 320 g/mol. The minimum Gasteiger partial charge on any atom is -0.497 e. The maximum absolute atomic E-state index is 11.5. The van der Waals surface area contributed by atoms with Gasteiger partial charge in [0.05, 0.1) is 14.2 Å². The molecule has 0 fully saturated rings. The summed E-state index contributed by atoms with van der Waals surface area (Å²) in [7, 11) is 3.08. The predicted octanol–water partition coefficient (Wildman–Crippen LogP) is 3.43. The number of hydrogen-bond donors (Lipinski definition) is 1. The van der Waals surface area contributed by atoms with Gasteiger partial charge in [-0.1, -0.05) is 17.7 Å². The molecule has 5 nitrogen and oxygen atoms in total. The Labute approximate surface area is 139 Å². The molecule has 0 aromatic heterocycles. The molecule has 122 valence electrons. The van der Waals surface area contributed by atoms with Crippen molar-refractivity contribution >= 4 is 17.6 Å². The van der Waals surface area contributed by atoms with Gasteiger partial charge in [-0.15, -0.1) is 0 Å². The number of halogens is 1. The van der Waals surface area contributed by atoms with Crippen LogP contribution in [0, 0.1) is 0 Å². The van der Waals surface area contributed by atoms with Crippen LogP contribution in [0.5, 0.6) is 17.2 Å². The van der Waals surface area contributed by atoms with Crippen LogP contribution in [-0.4, -0.2) is 31.4 Å². The number of ether oxygens (including phenoxy) is 3. The fourth-order valence-corrected chi connectivity index (χ4v) is 2.20. The Bertz CT molecular complexity index is 669. The molecule has 0 heterocycles. The SMILES string of the molecule is COc1ccc(C[C@@H](Oc2ccc(Cl)cc2)C(=O)O)c(OC)c1. The highest BCUT2D eigenvalue weighted by molar-refractivity contribution is 6.30. The molecule has 0 radical (unpaired) electrons. The van der Waals surface area contributed by atoms with E-state index in [1.807, 2.05) is 0 Å². The third kappa shape index (κ3) is 4.53. The summed E-state index contributed by atoms with van der Waals surface area (Å²) >= 11 is 5.81. The van der Waals surface area contributed by atoms with Crippen molar-refractivity contribution in [2.45, 2.75) is 12.5 Å². The highest BCUT2D eigenvalue weighted by Crippen LogP contribution is 2.27. The zero-order valence-electron chi connectivity index (χ0n) is 12.8. The van der Waals surface area contributed by atoms with Gasteiger partial charge in [0, 0.05) is 17.5 Å². The van der Waals surface area contributed by atoms with Gasteiger partial charge in [0.1, 0.15) is 17.2 Å². The minimum atomic E-state index is -1.06. The summed E-state index contributed by atoms with van der Waals surface area (Å²) in [5.41, 5.74) is 0.717. The molecule has 0 saturated heterocycles. The summed E-state index contributed by atoms with van der Waals surface area (Å²) < 4.78 is 16.0. The normalized spacial score (nSPS) is 11.6. The molecule has 0 aliphatic heterocycles. The lowest BCUT2D eigenvalue weighted by molar-refractivity contribution is -0.145. The molecular formula is C17H17ClO5. The van der Waals surface area contributed by atoms with E-state index in [2.05, 4.69) is 0 Å². The Morgan fingerprint density at radius 3 is 2.30 bits per heavy atom. The van der Waals surface area contributed by atoms with Gasteiger partial charge >= 0.3 is 5.97 Å². The fourth-order valence-electron chi connectivity index (χ4n) is 2.08. The number of carboxylic acids is 1. The van der Waals surface area contributed by atoms with Crippen molar-refractivity contribution in [1.82, 2.24) is 0 Å². The molecule has 0 bridgehead atoms.